The van der Waals surface area contributed by atoms with Crippen LogP contribution in [-0.4, -0.2) is 22.1 Å². The fourth-order valence-corrected chi connectivity index (χ4v) is 3.31. The zero-order chi connectivity index (χ0) is 13.0. The lowest BCUT2D eigenvalue weighted by atomic mass is 9.97. The maximum atomic E-state index is 10.9. The molecule has 18 heavy (non-hydrogen) atoms. The molecule has 2 N–H and O–H groups in total. The lowest BCUT2D eigenvalue weighted by Gasteiger charge is -2.20. The standard InChI is InChI=1S/C13H20N2O2S/c1-9-11(12(16)17)15-13(18-9)14-10-7-5-3-2-4-6-8-10/h10H,2-8H2,1H3,(H,14,15)(H,16,17). The van der Waals surface area contributed by atoms with E-state index in [0.717, 1.165) is 10.0 Å². The number of hydrogen-bond donors (Lipinski definition) is 2. The van der Waals surface area contributed by atoms with Gasteiger partial charge in [0.25, 0.3) is 0 Å². The summed E-state index contributed by atoms with van der Waals surface area (Å²) in [5.41, 5.74) is 0.188. The van der Waals surface area contributed by atoms with Crippen molar-refractivity contribution < 1.29 is 9.90 Å². The maximum absolute atomic E-state index is 10.9. The van der Waals surface area contributed by atoms with Crippen LogP contribution in [0.3, 0.4) is 0 Å². The normalized spacial score (nSPS) is 18.1. The summed E-state index contributed by atoms with van der Waals surface area (Å²) in [5.74, 6) is -0.936. The number of rotatable bonds is 3. The van der Waals surface area contributed by atoms with E-state index < -0.39 is 5.97 Å². The van der Waals surface area contributed by atoms with Gasteiger partial charge in [0, 0.05) is 10.9 Å². The topological polar surface area (TPSA) is 62.2 Å². The number of aromatic nitrogens is 1. The van der Waals surface area contributed by atoms with Crippen LogP contribution in [-0.2, 0) is 0 Å². The molecule has 0 spiro atoms. The first kappa shape index (κ1) is 13.3. The summed E-state index contributed by atoms with van der Waals surface area (Å²) in [5, 5.41) is 13.2. The van der Waals surface area contributed by atoms with E-state index in [2.05, 4.69) is 10.3 Å². The Bertz CT molecular complexity index is 409. The van der Waals surface area contributed by atoms with Crippen LogP contribution in [0.5, 0.6) is 0 Å². The Hall–Kier alpha value is -1.10. The third kappa shape index (κ3) is 3.45. The van der Waals surface area contributed by atoms with Crippen LogP contribution in [0, 0.1) is 6.92 Å². The molecule has 0 unspecified atom stereocenters. The van der Waals surface area contributed by atoms with Crippen LogP contribution in [0.1, 0.15) is 60.3 Å². The summed E-state index contributed by atoms with van der Waals surface area (Å²) in [4.78, 5) is 15.9. The Labute approximate surface area is 111 Å². The van der Waals surface area contributed by atoms with Gasteiger partial charge in [-0.15, -0.1) is 11.3 Å². The number of aryl methyl sites for hydroxylation is 1. The van der Waals surface area contributed by atoms with E-state index in [1.54, 1.807) is 0 Å². The third-order valence-corrected chi connectivity index (χ3v) is 4.33. The molecule has 1 aromatic rings. The highest BCUT2D eigenvalue weighted by atomic mass is 32.1. The predicted molar refractivity (Wildman–Crippen MR) is 73.5 cm³/mol. The van der Waals surface area contributed by atoms with Gasteiger partial charge in [-0.05, 0) is 19.8 Å². The van der Waals surface area contributed by atoms with Crippen molar-refractivity contribution in [3.8, 4) is 0 Å². The molecule has 1 aliphatic rings. The number of nitrogens with zero attached hydrogens (tertiary/aromatic N) is 1. The fraction of sp³-hybridized carbons (Fsp3) is 0.692. The summed E-state index contributed by atoms with van der Waals surface area (Å²) >= 11 is 1.45. The second-order valence-corrected chi connectivity index (χ2v) is 6.12. The van der Waals surface area contributed by atoms with Crippen LogP contribution in [0.15, 0.2) is 0 Å². The van der Waals surface area contributed by atoms with Crippen molar-refractivity contribution in [3.05, 3.63) is 10.6 Å². The maximum Gasteiger partial charge on any atom is 0.355 e. The monoisotopic (exact) mass is 268 g/mol. The number of carboxylic acids is 1. The van der Waals surface area contributed by atoms with Gasteiger partial charge in [0.2, 0.25) is 0 Å². The molecule has 0 aliphatic heterocycles. The second kappa shape index (κ2) is 6.18. The molecule has 1 aliphatic carbocycles. The van der Waals surface area contributed by atoms with Crippen molar-refractivity contribution in [1.82, 2.24) is 4.98 Å². The van der Waals surface area contributed by atoms with Crippen LogP contribution >= 0.6 is 11.3 Å². The summed E-state index contributed by atoms with van der Waals surface area (Å²) in [6.45, 7) is 1.81. The van der Waals surface area contributed by atoms with E-state index in [1.165, 1.54) is 56.3 Å². The summed E-state index contributed by atoms with van der Waals surface area (Å²) < 4.78 is 0. The van der Waals surface area contributed by atoms with Crippen molar-refractivity contribution in [2.75, 3.05) is 5.32 Å². The minimum absolute atomic E-state index is 0.188. The quantitative estimate of drug-likeness (QED) is 0.878. The molecular formula is C13H20N2O2S. The van der Waals surface area contributed by atoms with Gasteiger partial charge in [-0.3, -0.25) is 0 Å². The largest absolute Gasteiger partial charge is 0.476 e. The Morgan fingerprint density at radius 3 is 2.44 bits per heavy atom. The minimum atomic E-state index is -0.936. The van der Waals surface area contributed by atoms with Crippen LogP contribution in [0.2, 0.25) is 0 Å². The van der Waals surface area contributed by atoms with Crippen molar-refractivity contribution in [1.29, 1.82) is 0 Å². The molecule has 2 rings (SSSR count). The summed E-state index contributed by atoms with van der Waals surface area (Å²) in [6.07, 6.45) is 8.83. The highest BCUT2D eigenvalue weighted by molar-refractivity contribution is 7.15. The van der Waals surface area contributed by atoms with Gasteiger partial charge in [0.1, 0.15) is 0 Å². The Balaban J connectivity index is 1.99. The van der Waals surface area contributed by atoms with Gasteiger partial charge in [0.05, 0.1) is 0 Å². The number of carbonyl (C=O) groups is 1. The highest BCUT2D eigenvalue weighted by Gasteiger charge is 2.17. The number of hydrogen-bond acceptors (Lipinski definition) is 4. The molecule has 4 nitrogen and oxygen atoms in total. The van der Waals surface area contributed by atoms with Crippen LogP contribution < -0.4 is 5.32 Å². The van der Waals surface area contributed by atoms with Gasteiger partial charge < -0.3 is 10.4 Å². The highest BCUT2D eigenvalue weighted by Crippen LogP contribution is 2.26. The minimum Gasteiger partial charge on any atom is -0.476 e. The van der Waals surface area contributed by atoms with Crippen molar-refractivity contribution in [3.63, 3.8) is 0 Å². The molecule has 0 radical (unpaired) electrons. The van der Waals surface area contributed by atoms with E-state index in [-0.39, 0.29) is 5.69 Å². The lowest BCUT2D eigenvalue weighted by Crippen LogP contribution is -2.20. The predicted octanol–water partition coefficient (Wildman–Crippen LogP) is 3.67. The third-order valence-electron chi connectivity index (χ3n) is 3.43. The molecule has 0 aromatic carbocycles. The SMILES string of the molecule is Cc1sc(NC2CCCCCCC2)nc1C(=O)O. The van der Waals surface area contributed by atoms with E-state index in [4.69, 9.17) is 5.11 Å². The molecule has 1 fully saturated rings. The number of carboxylic acid groups (broad SMARTS) is 1. The number of anilines is 1. The molecule has 1 aromatic heterocycles. The van der Waals surface area contributed by atoms with Gasteiger partial charge >= 0.3 is 5.97 Å². The first-order chi connectivity index (χ1) is 8.66. The average Bonchev–Trinajstić information content (AvgIpc) is 2.63. The first-order valence-corrected chi connectivity index (χ1v) is 7.45. The van der Waals surface area contributed by atoms with E-state index in [9.17, 15) is 4.79 Å². The molecule has 5 heteroatoms. The van der Waals surface area contributed by atoms with E-state index in [0.29, 0.717) is 6.04 Å². The van der Waals surface area contributed by atoms with Gasteiger partial charge in [0.15, 0.2) is 10.8 Å². The summed E-state index contributed by atoms with van der Waals surface area (Å²) in [7, 11) is 0. The Kier molecular flexibility index (Phi) is 4.58. The van der Waals surface area contributed by atoms with Crippen molar-refractivity contribution in [2.24, 2.45) is 0 Å². The lowest BCUT2D eigenvalue weighted by molar-refractivity contribution is 0.0690. The number of aromatic carboxylic acids is 1. The molecule has 1 heterocycles. The molecule has 1 saturated carbocycles. The smallest absolute Gasteiger partial charge is 0.355 e. The molecule has 0 saturated heterocycles. The molecule has 100 valence electrons. The molecule has 0 atom stereocenters. The zero-order valence-electron chi connectivity index (χ0n) is 10.7. The zero-order valence-corrected chi connectivity index (χ0v) is 11.6. The Morgan fingerprint density at radius 2 is 1.89 bits per heavy atom. The van der Waals surface area contributed by atoms with Crippen LogP contribution in [0.4, 0.5) is 5.13 Å². The Morgan fingerprint density at radius 1 is 1.28 bits per heavy atom. The number of thiazole rings is 1. The van der Waals surface area contributed by atoms with Crippen molar-refractivity contribution >= 4 is 22.4 Å². The van der Waals surface area contributed by atoms with Crippen molar-refractivity contribution in [2.45, 2.75) is 57.9 Å². The van der Waals surface area contributed by atoms with Gasteiger partial charge in [-0.2, -0.15) is 0 Å². The van der Waals surface area contributed by atoms with Gasteiger partial charge in [-0.1, -0.05) is 32.1 Å². The second-order valence-electron chi connectivity index (χ2n) is 4.92. The molecular weight excluding hydrogens is 248 g/mol. The van der Waals surface area contributed by atoms with E-state index in [1.807, 2.05) is 6.92 Å². The molecule has 0 bridgehead atoms. The fourth-order valence-electron chi connectivity index (χ4n) is 2.43. The first-order valence-electron chi connectivity index (χ1n) is 6.64. The van der Waals surface area contributed by atoms with Crippen LogP contribution in [0.25, 0.3) is 0 Å². The van der Waals surface area contributed by atoms with E-state index >= 15 is 0 Å². The molecule has 0 amide bonds. The summed E-state index contributed by atoms with van der Waals surface area (Å²) in [6, 6.07) is 0.456. The number of nitrogens with one attached hydrogen (secondary N) is 1. The van der Waals surface area contributed by atoms with Gasteiger partial charge in [-0.25, -0.2) is 9.78 Å². The average molecular weight is 268 g/mol.